The summed E-state index contributed by atoms with van der Waals surface area (Å²) in [5.41, 5.74) is 0.734. The van der Waals surface area contributed by atoms with Crippen molar-refractivity contribution in [2.24, 2.45) is 0 Å². The Kier molecular flexibility index (Phi) is 3.95. The number of β-amino-alcohol motifs (C(OH)–C–C–N with tert-alkyl or cyclic N) is 1. The van der Waals surface area contributed by atoms with Gasteiger partial charge in [0.05, 0.1) is 16.5 Å². The summed E-state index contributed by atoms with van der Waals surface area (Å²) in [5.74, 6) is -0.503. The Morgan fingerprint density at radius 1 is 1.41 bits per heavy atom. The third-order valence-electron chi connectivity index (χ3n) is 3.97. The molecule has 118 valence electrons. The second-order valence-electron chi connectivity index (χ2n) is 5.53. The molecule has 2 heterocycles. The molecule has 1 aliphatic rings. The van der Waals surface area contributed by atoms with Gasteiger partial charge in [0, 0.05) is 31.8 Å². The van der Waals surface area contributed by atoms with E-state index in [0.717, 1.165) is 19.5 Å². The van der Waals surface area contributed by atoms with Gasteiger partial charge >= 0.3 is 5.76 Å². The molecule has 1 atom stereocenters. The molecule has 22 heavy (non-hydrogen) atoms. The van der Waals surface area contributed by atoms with Crippen molar-refractivity contribution in [2.45, 2.75) is 25.5 Å². The fourth-order valence-corrected chi connectivity index (χ4v) is 2.84. The van der Waals surface area contributed by atoms with Gasteiger partial charge in [0.2, 0.25) is 0 Å². The first-order valence-electron chi connectivity index (χ1n) is 7.23. The van der Waals surface area contributed by atoms with E-state index in [-0.39, 0.29) is 11.8 Å². The van der Waals surface area contributed by atoms with Crippen LogP contribution in [0.25, 0.3) is 11.1 Å². The minimum Gasteiger partial charge on any atom is -0.408 e. The quantitative estimate of drug-likeness (QED) is 0.652. The van der Waals surface area contributed by atoms with Gasteiger partial charge in [0.15, 0.2) is 5.58 Å². The topological polar surface area (TPSA) is 102 Å². The summed E-state index contributed by atoms with van der Waals surface area (Å²) in [6, 6.07) is 4.13. The van der Waals surface area contributed by atoms with Crippen molar-refractivity contribution in [1.82, 2.24) is 9.47 Å². The minimum absolute atomic E-state index is 0.0651. The molecular weight excluding hydrogens is 290 g/mol. The number of oxazole rings is 1. The number of likely N-dealkylation sites (tertiary alicyclic amines) is 1. The van der Waals surface area contributed by atoms with E-state index < -0.39 is 10.7 Å². The normalized spacial score (nSPS) is 19.0. The number of nitro groups is 1. The molecule has 0 bridgehead atoms. The standard InChI is InChI=1S/C14H17N3O5/c18-11-4-7-15(9-11)5-1-6-16-12-8-10(17(20)21)2-3-13(12)22-14(16)19/h2-3,8,11,18H,1,4-7,9H2/t11-/m0/s1. The molecule has 1 aromatic heterocycles. The fraction of sp³-hybridized carbons (Fsp3) is 0.500. The van der Waals surface area contributed by atoms with E-state index in [1.165, 1.54) is 22.8 Å². The third kappa shape index (κ3) is 2.88. The minimum atomic E-state index is -0.503. The summed E-state index contributed by atoms with van der Waals surface area (Å²) in [6.07, 6.45) is 1.23. The monoisotopic (exact) mass is 307 g/mol. The number of aryl methyl sites for hydroxylation is 1. The molecule has 1 aliphatic heterocycles. The van der Waals surface area contributed by atoms with Crippen LogP contribution in [0, 0.1) is 10.1 Å². The lowest BCUT2D eigenvalue weighted by Gasteiger charge is -2.14. The van der Waals surface area contributed by atoms with Gasteiger partial charge in [0.1, 0.15) is 0 Å². The van der Waals surface area contributed by atoms with Crippen LogP contribution in [0.2, 0.25) is 0 Å². The number of aliphatic hydroxyl groups is 1. The molecule has 0 unspecified atom stereocenters. The molecule has 2 aromatic rings. The van der Waals surface area contributed by atoms with E-state index in [4.69, 9.17) is 4.42 Å². The highest BCUT2D eigenvalue weighted by atomic mass is 16.6. The number of nitrogens with zero attached hydrogens (tertiary/aromatic N) is 3. The lowest BCUT2D eigenvalue weighted by molar-refractivity contribution is -0.384. The molecule has 1 aromatic carbocycles. The molecule has 8 nitrogen and oxygen atoms in total. The van der Waals surface area contributed by atoms with Crippen LogP contribution >= 0.6 is 0 Å². The van der Waals surface area contributed by atoms with Crippen molar-refractivity contribution in [2.75, 3.05) is 19.6 Å². The number of fused-ring (bicyclic) bond motifs is 1. The van der Waals surface area contributed by atoms with Crippen LogP contribution < -0.4 is 5.76 Å². The molecule has 0 spiro atoms. The first-order valence-corrected chi connectivity index (χ1v) is 7.23. The number of rotatable bonds is 5. The number of nitro benzene ring substituents is 1. The number of non-ortho nitro benzene ring substituents is 1. The van der Waals surface area contributed by atoms with Crippen molar-refractivity contribution < 1.29 is 14.4 Å². The first kappa shape index (κ1) is 14.7. The van der Waals surface area contributed by atoms with Crippen molar-refractivity contribution in [3.63, 3.8) is 0 Å². The summed E-state index contributed by atoms with van der Waals surface area (Å²) in [6.45, 7) is 2.71. The molecule has 3 rings (SSSR count). The highest BCUT2D eigenvalue weighted by Crippen LogP contribution is 2.20. The zero-order valence-electron chi connectivity index (χ0n) is 12.0. The number of benzene rings is 1. The average molecular weight is 307 g/mol. The van der Waals surface area contributed by atoms with Crippen molar-refractivity contribution in [3.05, 3.63) is 38.9 Å². The maximum atomic E-state index is 11.9. The lowest BCUT2D eigenvalue weighted by Crippen LogP contribution is -2.25. The van der Waals surface area contributed by atoms with Crippen LogP contribution in [0.4, 0.5) is 5.69 Å². The number of hydrogen-bond acceptors (Lipinski definition) is 6. The van der Waals surface area contributed by atoms with Crippen LogP contribution in [0.1, 0.15) is 12.8 Å². The summed E-state index contributed by atoms with van der Waals surface area (Å²) < 4.78 is 6.53. The number of aliphatic hydroxyl groups excluding tert-OH is 1. The maximum absolute atomic E-state index is 11.9. The van der Waals surface area contributed by atoms with Gasteiger partial charge in [-0.25, -0.2) is 4.79 Å². The molecule has 0 radical (unpaired) electrons. The second kappa shape index (κ2) is 5.90. The highest BCUT2D eigenvalue weighted by Gasteiger charge is 2.20. The Morgan fingerprint density at radius 3 is 2.91 bits per heavy atom. The zero-order valence-corrected chi connectivity index (χ0v) is 12.0. The van der Waals surface area contributed by atoms with E-state index in [9.17, 15) is 20.0 Å². The summed E-state index contributed by atoms with van der Waals surface area (Å²) in [5, 5.41) is 20.3. The van der Waals surface area contributed by atoms with Crippen molar-refractivity contribution >= 4 is 16.8 Å². The Labute approximate surface area is 125 Å². The van der Waals surface area contributed by atoms with Gasteiger partial charge in [-0.1, -0.05) is 0 Å². The molecule has 1 fully saturated rings. The molecule has 1 saturated heterocycles. The van der Waals surface area contributed by atoms with Crippen molar-refractivity contribution in [1.29, 1.82) is 0 Å². The Hall–Kier alpha value is -2.19. The maximum Gasteiger partial charge on any atom is 0.419 e. The van der Waals surface area contributed by atoms with Crippen LogP contribution in [0.15, 0.2) is 27.4 Å². The predicted molar refractivity (Wildman–Crippen MR) is 78.8 cm³/mol. The Bertz CT molecular complexity index is 751. The predicted octanol–water partition coefficient (Wildman–Crippen LogP) is 0.959. The van der Waals surface area contributed by atoms with E-state index >= 15 is 0 Å². The van der Waals surface area contributed by atoms with E-state index in [2.05, 4.69) is 4.90 Å². The molecule has 1 N–H and O–H groups in total. The second-order valence-corrected chi connectivity index (χ2v) is 5.53. The average Bonchev–Trinajstić information content (AvgIpc) is 3.02. The zero-order chi connectivity index (χ0) is 15.7. The van der Waals surface area contributed by atoms with Gasteiger partial charge in [-0.2, -0.15) is 0 Å². The molecule has 0 amide bonds. The largest absolute Gasteiger partial charge is 0.419 e. The SMILES string of the molecule is O=c1oc2ccc([N+](=O)[O-])cc2n1CCCN1CC[C@H](O)C1. The smallest absolute Gasteiger partial charge is 0.408 e. The van der Waals surface area contributed by atoms with Crippen LogP contribution in [0.3, 0.4) is 0 Å². The van der Waals surface area contributed by atoms with Gasteiger partial charge in [-0.3, -0.25) is 14.7 Å². The molecular formula is C14H17N3O5. The highest BCUT2D eigenvalue weighted by molar-refractivity contribution is 5.75. The lowest BCUT2D eigenvalue weighted by atomic mass is 10.3. The van der Waals surface area contributed by atoms with Crippen molar-refractivity contribution in [3.8, 4) is 0 Å². The van der Waals surface area contributed by atoms with Gasteiger partial charge in [0.25, 0.3) is 5.69 Å². The van der Waals surface area contributed by atoms with Gasteiger partial charge in [-0.05, 0) is 25.5 Å². The summed E-state index contributed by atoms with van der Waals surface area (Å²) in [7, 11) is 0. The van der Waals surface area contributed by atoms with Crippen LogP contribution in [0.5, 0.6) is 0 Å². The van der Waals surface area contributed by atoms with E-state index in [1.54, 1.807) is 0 Å². The molecule has 0 aliphatic carbocycles. The summed E-state index contributed by atoms with van der Waals surface area (Å²) >= 11 is 0. The van der Waals surface area contributed by atoms with E-state index in [0.29, 0.717) is 30.6 Å². The van der Waals surface area contributed by atoms with Gasteiger partial charge in [-0.15, -0.1) is 0 Å². The third-order valence-corrected chi connectivity index (χ3v) is 3.97. The first-order chi connectivity index (χ1) is 10.5. The van der Waals surface area contributed by atoms with E-state index in [1.807, 2.05) is 0 Å². The van der Waals surface area contributed by atoms with Crippen LogP contribution in [-0.4, -0.2) is 45.2 Å². The van der Waals surface area contributed by atoms with Gasteiger partial charge < -0.3 is 14.4 Å². The Morgan fingerprint density at radius 2 is 2.23 bits per heavy atom. The van der Waals surface area contributed by atoms with Crippen LogP contribution in [-0.2, 0) is 6.54 Å². The number of hydrogen-bond donors (Lipinski definition) is 1. The molecule has 8 heteroatoms. The fourth-order valence-electron chi connectivity index (χ4n) is 2.84. The number of aromatic nitrogens is 1. The summed E-state index contributed by atoms with van der Waals surface area (Å²) in [4.78, 5) is 24.4. The molecule has 0 saturated carbocycles. The Balaban J connectivity index is 1.75.